The summed E-state index contributed by atoms with van der Waals surface area (Å²) in [6.07, 6.45) is 0.640. The number of aryl methyl sites for hydroxylation is 1. The fourth-order valence-corrected chi connectivity index (χ4v) is 5.09. The van der Waals surface area contributed by atoms with E-state index in [0.717, 1.165) is 4.88 Å². The molecule has 1 unspecified atom stereocenters. The molecule has 1 aromatic carbocycles. The Labute approximate surface area is 216 Å². The molecule has 4 heterocycles. The fourth-order valence-electron chi connectivity index (χ4n) is 4.41. The van der Waals surface area contributed by atoms with Crippen molar-refractivity contribution in [3.8, 4) is 22.3 Å². The lowest BCUT2D eigenvalue weighted by atomic mass is 10.1. The van der Waals surface area contributed by atoms with Gasteiger partial charge in [-0.1, -0.05) is 13.0 Å². The van der Waals surface area contributed by atoms with Crippen LogP contribution < -0.4 is 20.5 Å². The number of anilines is 2. The standard InChI is InChI=1S/C26H26N6O4S/c1-4-19-15(2)27-26(29-25(19)35)32-22(13-20(30-32)21-6-5-11-37-21)28-24(34)16-12-23(33)31(14-16)17-7-9-18(36-3)10-8-17/h5-11,13,16H,4,12,14H2,1-3H3,(H,28,34)(H,27,29,35). The molecule has 2 N–H and O–H groups in total. The highest BCUT2D eigenvalue weighted by atomic mass is 32.1. The smallest absolute Gasteiger partial charge is 0.255 e. The average Bonchev–Trinajstić information content (AvgIpc) is 3.64. The van der Waals surface area contributed by atoms with Gasteiger partial charge in [-0.05, 0) is 49.1 Å². The molecule has 0 bridgehead atoms. The summed E-state index contributed by atoms with van der Waals surface area (Å²) in [5.41, 5.74) is 2.30. The molecular formula is C26H26N6O4S. The predicted octanol–water partition coefficient (Wildman–Crippen LogP) is 3.56. The normalized spacial score (nSPS) is 15.3. The van der Waals surface area contributed by atoms with Crippen molar-refractivity contribution in [2.24, 2.45) is 5.92 Å². The van der Waals surface area contributed by atoms with Crippen LogP contribution in [-0.4, -0.2) is 45.2 Å². The lowest BCUT2D eigenvalue weighted by Gasteiger charge is -2.17. The lowest BCUT2D eigenvalue weighted by Crippen LogP contribution is -2.29. The number of aromatic nitrogens is 4. The van der Waals surface area contributed by atoms with Crippen LogP contribution in [0.3, 0.4) is 0 Å². The average molecular weight is 519 g/mol. The Morgan fingerprint density at radius 3 is 2.68 bits per heavy atom. The molecule has 1 saturated heterocycles. The van der Waals surface area contributed by atoms with E-state index < -0.39 is 5.92 Å². The second kappa shape index (κ2) is 10.0. The molecule has 190 valence electrons. The maximum absolute atomic E-state index is 13.3. The summed E-state index contributed by atoms with van der Waals surface area (Å²) < 4.78 is 6.62. The third-order valence-electron chi connectivity index (χ3n) is 6.38. The van der Waals surface area contributed by atoms with Gasteiger partial charge in [-0.15, -0.1) is 11.3 Å². The van der Waals surface area contributed by atoms with E-state index in [-0.39, 0.29) is 36.3 Å². The number of ether oxygens (including phenoxy) is 1. The van der Waals surface area contributed by atoms with E-state index in [2.05, 4.69) is 20.4 Å². The van der Waals surface area contributed by atoms with Gasteiger partial charge in [0.05, 0.1) is 17.9 Å². The number of carbonyl (C=O) groups excluding carboxylic acids is 2. The van der Waals surface area contributed by atoms with Crippen molar-refractivity contribution >= 4 is 34.7 Å². The summed E-state index contributed by atoms with van der Waals surface area (Å²) in [7, 11) is 1.58. The van der Waals surface area contributed by atoms with Crippen molar-refractivity contribution in [3.05, 3.63) is 69.5 Å². The molecule has 0 spiro atoms. The van der Waals surface area contributed by atoms with Crippen LogP contribution >= 0.6 is 11.3 Å². The highest BCUT2D eigenvalue weighted by molar-refractivity contribution is 7.13. The van der Waals surface area contributed by atoms with E-state index in [9.17, 15) is 14.4 Å². The summed E-state index contributed by atoms with van der Waals surface area (Å²) >= 11 is 1.51. The van der Waals surface area contributed by atoms with Crippen molar-refractivity contribution < 1.29 is 14.3 Å². The number of thiophene rings is 1. The van der Waals surface area contributed by atoms with Gasteiger partial charge in [-0.3, -0.25) is 19.4 Å². The van der Waals surface area contributed by atoms with Gasteiger partial charge in [-0.25, -0.2) is 4.98 Å². The van der Waals surface area contributed by atoms with Crippen LogP contribution in [0.5, 0.6) is 5.75 Å². The topological polar surface area (TPSA) is 122 Å². The highest BCUT2D eigenvalue weighted by Crippen LogP contribution is 2.30. The number of nitrogens with zero attached hydrogens (tertiary/aromatic N) is 4. The van der Waals surface area contributed by atoms with E-state index in [4.69, 9.17) is 4.74 Å². The first kappa shape index (κ1) is 24.4. The molecule has 1 aliphatic rings. The Morgan fingerprint density at radius 1 is 1.24 bits per heavy atom. The summed E-state index contributed by atoms with van der Waals surface area (Å²) in [5, 5.41) is 9.48. The number of hydrogen-bond donors (Lipinski definition) is 2. The number of hydrogen-bond acceptors (Lipinski definition) is 7. The van der Waals surface area contributed by atoms with Crippen molar-refractivity contribution in [1.82, 2.24) is 19.7 Å². The van der Waals surface area contributed by atoms with Gasteiger partial charge in [0.2, 0.25) is 17.8 Å². The van der Waals surface area contributed by atoms with Gasteiger partial charge < -0.3 is 15.0 Å². The molecule has 11 heteroatoms. The Kier molecular flexibility index (Phi) is 6.62. The molecule has 0 saturated carbocycles. The number of aromatic amines is 1. The van der Waals surface area contributed by atoms with Crippen LogP contribution in [0.1, 0.15) is 24.6 Å². The first-order valence-corrected chi connectivity index (χ1v) is 12.7. The number of rotatable bonds is 7. The summed E-state index contributed by atoms with van der Waals surface area (Å²) in [5.74, 6) is 0.255. The van der Waals surface area contributed by atoms with Gasteiger partial charge in [-0.2, -0.15) is 9.78 Å². The molecular weight excluding hydrogens is 492 g/mol. The highest BCUT2D eigenvalue weighted by Gasteiger charge is 2.35. The second-order valence-corrected chi connectivity index (χ2v) is 9.65. The van der Waals surface area contributed by atoms with Crippen LogP contribution in [0.25, 0.3) is 16.5 Å². The maximum atomic E-state index is 13.3. The zero-order valence-corrected chi connectivity index (χ0v) is 21.5. The van der Waals surface area contributed by atoms with Crippen molar-refractivity contribution in [2.45, 2.75) is 26.7 Å². The molecule has 1 atom stereocenters. The summed E-state index contributed by atoms with van der Waals surface area (Å²) in [4.78, 5) is 48.5. The lowest BCUT2D eigenvalue weighted by molar-refractivity contribution is -0.122. The van der Waals surface area contributed by atoms with E-state index >= 15 is 0 Å². The number of nitrogens with one attached hydrogen (secondary N) is 2. The van der Waals surface area contributed by atoms with Crippen LogP contribution in [0.4, 0.5) is 11.5 Å². The van der Waals surface area contributed by atoms with Gasteiger partial charge in [0.25, 0.3) is 5.56 Å². The van der Waals surface area contributed by atoms with Crippen LogP contribution in [0.2, 0.25) is 0 Å². The number of amides is 2. The molecule has 2 amide bonds. The van der Waals surface area contributed by atoms with E-state index in [1.54, 1.807) is 49.3 Å². The summed E-state index contributed by atoms with van der Waals surface area (Å²) in [6, 6.07) is 12.7. The Hall–Kier alpha value is -4.25. The molecule has 0 radical (unpaired) electrons. The zero-order chi connectivity index (χ0) is 26.1. The molecule has 1 aliphatic heterocycles. The van der Waals surface area contributed by atoms with Crippen molar-refractivity contribution in [3.63, 3.8) is 0 Å². The van der Waals surface area contributed by atoms with Crippen LogP contribution in [-0.2, 0) is 16.0 Å². The zero-order valence-electron chi connectivity index (χ0n) is 20.6. The molecule has 37 heavy (non-hydrogen) atoms. The first-order chi connectivity index (χ1) is 17.9. The number of H-pyrrole nitrogens is 1. The Bertz CT molecular complexity index is 1510. The number of carbonyl (C=O) groups is 2. The van der Waals surface area contributed by atoms with Crippen molar-refractivity contribution in [2.75, 3.05) is 23.9 Å². The number of benzene rings is 1. The van der Waals surface area contributed by atoms with E-state index in [1.807, 2.05) is 24.4 Å². The third-order valence-corrected chi connectivity index (χ3v) is 7.27. The Morgan fingerprint density at radius 2 is 2.03 bits per heavy atom. The first-order valence-electron chi connectivity index (χ1n) is 11.9. The minimum atomic E-state index is -0.556. The van der Waals surface area contributed by atoms with E-state index in [1.165, 1.54) is 16.0 Å². The quantitative estimate of drug-likeness (QED) is 0.386. The minimum absolute atomic E-state index is 0.0865. The van der Waals surface area contributed by atoms with Gasteiger partial charge in [0, 0.05) is 36.0 Å². The van der Waals surface area contributed by atoms with Gasteiger partial charge in [0.15, 0.2) is 0 Å². The second-order valence-electron chi connectivity index (χ2n) is 8.70. The largest absolute Gasteiger partial charge is 0.497 e. The van der Waals surface area contributed by atoms with Crippen molar-refractivity contribution in [1.29, 1.82) is 0 Å². The summed E-state index contributed by atoms with van der Waals surface area (Å²) in [6.45, 7) is 3.92. The molecule has 1 fully saturated rings. The molecule has 3 aromatic heterocycles. The SMILES string of the molecule is CCc1c(C)nc(-n2nc(-c3cccs3)cc2NC(=O)C2CC(=O)N(c3ccc(OC)cc3)C2)[nH]c1=O. The third kappa shape index (κ3) is 4.77. The number of methoxy groups -OCH3 is 1. The Balaban J connectivity index is 1.43. The predicted molar refractivity (Wildman–Crippen MR) is 141 cm³/mol. The van der Waals surface area contributed by atoms with Gasteiger partial charge >= 0.3 is 0 Å². The van der Waals surface area contributed by atoms with E-state index in [0.29, 0.717) is 40.6 Å². The van der Waals surface area contributed by atoms with Crippen LogP contribution in [0.15, 0.2) is 52.6 Å². The maximum Gasteiger partial charge on any atom is 0.255 e. The molecule has 0 aliphatic carbocycles. The molecule has 4 aromatic rings. The fraction of sp³-hybridized carbons (Fsp3) is 0.269. The minimum Gasteiger partial charge on any atom is -0.497 e. The van der Waals surface area contributed by atoms with Gasteiger partial charge in [0.1, 0.15) is 17.3 Å². The molecule has 5 rings (SSSR count). The monoisotopic (exact) mass is 518 g/mol. The van der Waals surface area contributed by atoms with Crippen LogP contribution in [0, 0.1) is 12.8 Å². The molecule has 10 nitrogen and oxygen atoms in total.